The van der Waals surface area contributed by atoms with Gasteiger partial charge in [0.25, 0.3) is 5.56 Å². The molecule has 35 heavy (non-hydrogen) atoms. The van der Waals surface area contributed by atoms with Crippen LogP contribution in [0.3, 0.4) is 0 Å². The minimum Gasteiger partial charge on any atom is -0.450 e. The predicted molar refractivity (Wildman–Crippen MR) is 132 cm³/mol. The van der Waals surface area contributed by atoms with Gasteiger partial charge in [0.05, 0.1) is 4.75 Å². The SMILES string of the molecule is CC(CCn1ccc(-c2ccc(C#CC#Cc3ccc(CO)o3)cc2)cc1=O)(CNO)S(C)(=O)=O. The van der Waals surface area contributed by atoms with Crippen LogP contribution in [0, 0.1) is 23.7 Å². The summed E-state index contributed by atoms with van der Waals surface area (Å²) >= 11 is 0. The quantitative estimate of drug-likeness (QED) is 0.324. The minimum atomic E-state index is -3.46. The third-order valence-corrected chi connectivity index (χ3v) is 7.86. The molecule has 2 heterocycles. The molecule has 9 heteroatoms. The van der Waals surface area contributed by atoms with E-state index < -0.39 is 14.6 Å². The lowest BCUT2D eigenvalue weighted by Gasteiger charge is -2.27. The summed E-state index contributed by atoms with van der Waals surface area (Å²) < 4.78 is 29.7. The summed E-state index contributed by atoms with van der Waals surface area (Å²) in [5, 5.41) is 18.0. The van der Waals surface area contributed by atoms with Gasteiger partial charge >= 0.3 is 0 Å². The van der Waals surface area contributed by atoms with E-state index in [2.05, 4.69) is 23.7 Å². The topological polar surface area (TPSA) is 122 Å². The number of hydroxylamine groups is 1. The second-order valence-electron chi connectivity index (χ2n) is 8.26. The molecular weight excluding hydrogens is 468 g/mol. The Morgan fingerprint density at radius 1 is 1.06 bits per heavy atom. The monoisotopic (exact) mass is 494 g/mol. The van der Waals surface area contributed by atoms with Gasteiger partial charge in [-0.25, -0.2) is 13.9 Å². The van der Waals surface area contributed by atoms with Crippen molar-refractivity contribution < 1.29 is 23.1 Å². The molecule has 1 aromatic carbocycles. The number of nitrogens with one attached hydrogen (secondary N) is 1. The number of nitrogens with zero attached hydrogens (tertiary/aromatic N) is 1. The number of furan rings is 1. The van der Waals surface area contributed by atoms with E-state index in [1.165, 1.54) is 17.6 Å². The maximum atomic E-state index is 12.6. The molecule has 2 aromatic heterocycles. The summed E-state index contributed by atoms with van der Waals surface area (Å²) in [6, 6.07) is 14.0. The molecule has 3 N–H and O–H groups in total. The standard InChI is InChI=1S/C26H26N2O6S/c1-26(19-27-31,35(2,32)33)14-16-28-15-13-22(17-25(28)30)21-9-7-20(8-10-21)5-3-4-6-23-11-12-24(18-29)34-23/h7-13,15,17,27,29,31H,14,16,18-19H2,1-2H3. The Labute approximate surface area is 204 Å². The van der Waals surface area contributed by atoms with Gasteiger partial charge in [0.15, 0.2) is 15.6 Å². The van der Waals surface area contributed by atoms with Crippen molar-refractivity contribution in [3.63, 3.8) is 0 Å². The van der Waals surface area contributed by atoms with E-state index in [1.807, 2.05) is 29.7 Å². The van der Waals surface area contributed by atoms with Crippen molar-refractivity contribution in [2.75, 3.05) is 12.8 Å². The number of sulfone groups is 1. The van der Waals surface area contributed by atoms with Crippen LogP contribution in [0.4, 0.5) is 0 Å². The van der Waals surface area contributed by atoms with Gasteiger partial charge in [0.2, 0.25) is 0 Å². The molecule has 0 saturated heterocycles. The Bertz CT molecular complexity index is 1460. The van der Waals surface area contributed by atoms with Gasteiger partial charge in [0, 0.05) is 37.2 Å². The molecule has 0 spiro atoms. The third kappa shape index (κ3) is 6.72. The van der Waals surface area contributed by atoms with E-state index >= 15 is 0 Å². The van der Waals surface area contributed by atoms with Crippen LogP contribution in [0.15, 0.2) is 63.9 Å². The zero-order valence-corrected chi connectivity index (χ0v) is 20.2. The normalized spacial score (nSPS) is 12.7. The van der Waals surface area contributed by atoms with Crippen LogP contribution in [0.25, 0.3) is 11.1 Å². The van der Waals surface area contributed by atoms with Gasteiger partial charge in [-0.1, -0.05) is 18.1 Å². The molecule has 1 unspecified atom stereocenters. The second-order valence-corrected chi connectivity index (χ2v) is 10.8. The number of aliphatic hydroxyl groups excluding tert-OH is 1. The Morgan fingerprint density at radius 2 is 1.77 bits per heavy atom. The molecule has 8 nitrogen and oxygen atoms in total. The summed E-state index contributed by atoms with van der Waals surface area (Å²) in [5.74, 6) is 12.0. The van der Waals surface area contributed by atoms with Crippen molar-refractivity contribution in [1.29, 1.82) is 0 Å². The zero-order valence-electron chi connectivity index (χ0n) is 19.4. The zero-order chi connectivity index (χ0) is 25.5. The average molecular weight is 495 g/mol. The minimum absolute atomic E-state index is 0.132. The first-order valence-electron chi connectivity index (χ1n) is 10.7. The van der Waals surface area contributed by atoms with Crippen LogP contribution in [0.5, 0.6) is 0 Å². The van der Waals surface area contributed by atoms with Gasteiger partial charge in [-0.3, -0.25) is 4.79 Å². The van der Waals surface area contributed by atoms with Crippen molar-refractivity contribution in [2.24, 2.45) is 0 Å². The first-order chi connectivity index (χ1) is 16.6. The molecule has 0 bridgehead atoms. The number of pyridine rings is 1. The van der Waals surface area contributed by atoms with Gasteiger partial charge < -0.3 is 19.3 Å². The molecule has 0 aliphatic heterocycles. The summed E-state index contributed by atoms with van der Waals surface area (Å²) in [6.45, 7) is 1.41. The van der Waals surface area contributed by atoms with Gasteiger partial charge in [-0.15, -0.1) is 0 Å². The van der Waals surface area contributed by atoms with Crippen molar-refractivity contribution in [3.8, 4) is 34.8 Å². The number of aromatic nitrogens is 1. The number of hydrogen-bond donors (Lipinski definition) is 3. The van der Waals surface area contributed by atoms with Crippen LogP contribution in [0.1, 0.15) is 30.4 Å². The average Bonchev–Trinajstić information content (AvgIpc) is 3.29. The fourth-order valence-corrected chi connectivity index (χ4v) is 4.06. The highest BCUT2D eigenvalue weighted by Gasteiger charge is 2.35. The Kier molecular flexibility index (Phi) is 8.34. The van der Waals surface area contributed by atoms with Crippen LogP contribution < -0.4 is 11.0 Å². The van der Waals surface area contributed by atoms with E-state index in [0.717, 1.165) is 22.9 Å². The van der Waals surface area contributed by atoms with Gasteiger partial charge in [-0.2, -0.15) is 0 Å². The number of rotatable bonds is 8. The number of benzene rings is 1. The van der Waals surface area contributed by atoms with Crippen molar-refractivity contribution in [1.82, 2.24) is 10.0 Å². The molecule has 182 valence electrons. The van der Waals surface area contributed by atoms with Gasteiger partial charge in [-0.05, 0) is 72.6 Å². The van der Waals surface area contributed by atoms with Crippen LogP contribution in [0.2, 0.25) is 0 Å². The summed E-state index contributed by atoms with van der Waals surface area (Å²) in [7, 11) is -3.46. The number of aryl methyl sites for hydroxylation is 1. The van der Waals surface area contributed by atoms with Crippen molar-refractivity contribution in [2.45, 2.75) is 31.2 Å². The molecule has 3 rings (SSSR count). The fourth-order valence-electron chi connectivity index (χ4n) is 3.27. The Hall–Kier alpha value is -3.60. The summed E-state index contributed by atoms with van der Waals surface area (Å²) in [6.07, 6.45) is 2.91. The highest BCUT2D eigenvalue weighted by Crippen LogP contribution is 2.22. The van der Waals surface area contributed by atoms with Crippen molar-refractivity contribution >= 4 is 9.84 Å². The molecule has 0 amide bonds. The van der Waals surface area contributed by atoms with E-state index in [-0.39, 0.29) is 31.7 Å². The third-order valence-electron chi connectivity index (χ3n) is 5.72. The first-order valence-corrected chi connectivity index (χ1v) is 12.6. The lowest BCUT2D eigenvalue weighted by atomic mass is 10.0. The molecule has 0 aliphatic carbocycles. The van der Waals surface area contributed by atoms with E-state index in [1.54, 1.807) is 24.4 Å². The van der Waals surface area contributed by atoms with Crippen molar-refractivity contribution in [3.05, 3.63) is 82.2 Å². The molecule has 0 saturated carbocycles. The largest absolute Gasteiger partial charge is 0.450 e. The fraction of sp³-hybridized carbons (Fsp3) is 0.269. The number of aliphatic hydroxyl groups is 1. The predicted octanol–water partition coefficient (Wildman–Crippen LogP) is 2.18. The summed E-state index contributed by atoms with van der Waals surface area (Å²) in [5.41, 5.74) is 4.00. The highest BCUT2D eigenvalue weighted by atomic mass is 32.2. The number of hydrogen-bond acceptors (Lipinski definition) is 7. The lowest BCUT2D eigenvalue weighted by molar-refractivity contribution is 0.153. The lowest BCUT2D eigenvalue weighted by Crippen LogP contribution is -2.44. The van der Waals surface area contributed by atoms with E-state index in [4.69, 9.17) is 14.7 Å². The second kappa shape index (κ2) is 11.2. The van der Waals surface area contributed by atoms with E-state index in [9.17, 15) is 13.2 Å². The van der Waals surface area contributed by atoms with Crippen LogP contribution >= 0.6 is 0 Å². The molecular formula is C26H26N2O6S. The highest BCUT2D eigenvalue weighted by molar-refractivity contribution is 7.92. The molecule has 0 fully saturated rings. The van der Waals surface area contributed by atoms with Crippen LogP contribution in [-0.2, 0) is 23.0 Å². The smallest absolute Gasteiger partial charge is 0.251 e. The molecule has 0 radical (unpaired) electrons. The van der Waals surface area contributed by atoms with Gasteiger partial charge in [0.1, 0.15) is 12.4 Å². The first kappa shape index (κ1) is 26.0. The maximum Gasteiger partial charge on any atom is 0.251 e. The van der Waals surface area contributed by atoms with E-state index in [0.29, 0.717) is 11.5 Å². The molecule has 1 atom stereocenters. The van der Waals surface area contributed by atoms with Crippen LogP contribution in [-0.4, -0.2) is 40.8 Å². The maximum absolute atomic E-state index is 12.6. The Balaban J connectivity index is 1.68. The molecule has 0 aliphatic rings. The molecule has 3 aromatic rings. The summed E-state index contributed by atoms with van der Waals surface area (Å²) in [4.78, 5) is 12.6. The Morgan fingerprint density at radius 3 is 2.37 bits per heavy atom.